The molecular weight excluding hydrogens is 502 g/mol. The number of likely N-dealkylation sites (N-methyl/N-ethyl adjacent to an activating group) is 1. The van der Waals surface area contributed by atoms with E-state index < -0.39 is 47.7 Å². The number of nitrogens with zero attached hydrogens (tertiary/aromatic N) is 1. The summed E-state index contributed by atoms with van der Waals surface area (Å²) >= 11 is 0. The van der Waals surface area contributed by atoms with Crippen LogP contribution in [0.3, 0.4) is 0 Å². The number of allylic oxidation sites excluding steroid dienone is 4. The van der Waals surface area contributed by atoms with E-state index in [0.29, 0.717) is 32.2 Å². The molecule has 1 N–H and O–H groups in total. The number of aliphatic hydroxyl groups excluding tert-OH is 1. The highest BCUT2D eigenvalue weighted by atomic mass is 16.7. The molecule has 3 fully saturated rings. The van der Waals surface area contributed by atoms with Crippen molar-refractivity contribution >= 4 is 17.7 Å². The van der Waals surface area contributed by atoms with Gasteiger partial charge in [-0.15, -0.1) is 0 Å². The molecule has 9 nitrogen and oxygen atoms in total. The van der Waals surface area contributed by atoms with E-state index in [9.17, 15) is 19.5 Å². The first-order valence-corrected chi connectivity index (χ1v) is 14.4. The second-order valence-electron chi connectivity index (χ2n) is 12.8. The maximum Gasteiger partial charge on any atom is 0.508 e. The molecule has 2 saturated carbocycles. The maximum atomic E-state index is 14.1. The third-order valence-corrected chi connectivity index (χ3v) is 10.3. The van der Waals surface area contributed by atoms with Crippen molar-refractivity contribution in [2.24, 2.45) is 28.6 Å². The van der Waals surface area contributed by atoms with Crippen LogP contribution < -0.4 is 0 Å². The Bertz CT molecular complexity index is 1070. The van der Waals surface area contributed by atoms with Crippen LogP contribution in [0.2, 0.25) is 0 Å². The minimum atomic E-state index is -1.32. The van der Waals surface area contributed by atoms with Crippen LogP contribution in [-0.2, 0) is 28.5 Å². The molecule has 0 spiro atoms. The molecule has 5 unspecified atom stereocenters. The van der Waals surface area contributed by atoms with Crippen LogP contribution in [-0.4, -0.2) is 85.7 Å². The van der Waals surface area contributed by atoms with Gasteiger partial charge in [-0.1, -0.05) is 44.9 Å². The predicted molar refractivity (Wildman–Crippen MR) is 142 cm³/mol. The molecule has 4 aliphatic carbocycles. The number of rotatable bonds is 8. The van der Waals surface area contributed by atoms with Crippen LogP contribution >= 0.6 is 0 Å². The number of carbonyl (C=O) groups is 3. The minimum absolute atomic E-state index is 0.0510. The smallest absolute Gasteiger partial charge is 0.433 e. The summed E-state index contributed by atoms with van der Waals surface area (Å²) in [5, 5.41) is 11.8. The topological polar surface area (TPSA) is 112 Å². The van der Waals surface area contributed by atoms with Gasteiger partial charge in [0.2, 0.25) is 5.78 Å². The Morgan fingerprint density at radius 3 is 2.72 bits per heavy atom. The number of ether oxygens (including phenoxy) is 4. The van der Waals surface area contributed by atoms with Crippen molar-refractivity contribution in [2.45, 2.75) is 83.4 Å². The van der Waals surface area contributed by atoms with Crippen LogP contribution in [0.5, 0.6) is 0 Å². The van der Waals surface area contributed by atoms with E-state index in [4.69, 9.17) is 18.9 Å². The fourth-order valence-corrected chi connectivity index (χ4v) is 8.50. The lowest BCUT2D eigenvalue weighted by atomic mass is 9.47. The van der Waals surface area contributed by atoms with E-state index in [1.807, 2.05) is 38.9 Å². The van der Waals surface area contributed by atoms with Crippen molar-refractivity contribution in [1.29, 1.82) is 0 Å². The van der Waals surface area contributed by atoms with Gasteiger partial charge in [0.25, 0.3) is 0 Å². The molecular formula is C30H43NO8. The molecule has 5 rings (SSSR count). The highest BCUT2D eigenvalue weighted by Gasteiger charge is 2.75. The number of ketones is 2. The first-order chi connectivity index (χ1) is 18.5. The average Bonchev–Trinajstić information content (AvgIpc) is 3.35. The summed E-state index contributed by atoms with van der Waals surface area (Å²) in [6.45, 7) is 6.44. The normalized spacial score (nSPS) is 42.3. The van der Waals surface area contributed by atoms with E-state index in [-0.39, 0.29) is 35.9 Å². The predicted octanol–water partition coefficient (Wildman–Crippen LogP) is 3.44. The summed E-state index contributed by atoms with van der Waals surface area (Å²) in [7, 11) is 3.74. The number of hydrogen-bond donors (Lipinski definition) is 1. The second kappa shape index (κ2) is 10.4. The molecule has 0 aromatic heterocycles. The second-order valence-corrected chi connectivity index (χ2v) is 12.8. The van der Waals surface area contributed by atoms with Crippen molar-refractivity contribution in [3.05, 3.63) is 23.8 Å². The number of aliphatic hydroxyl groups is 1. The molecule has 39 heavy (non-hydrogen) atoms. The summed E-state index contributed by atoms with van der Waals surface area (Å²) in [6, 6.07) is 0. The molecule has 0 bridgehead atoms. The van der Waals surface area contributed by atoms with Gasteiger partial charge >= 0.3 is 6.16 Å². The highest BCUT2D eigenvalue weighted by Crippen LogP contribution is 2.69. The first-order valence-electron chi connectivity index (χ1n) is 14.4. The van der Waals surface area contributed by atoms with Gasteiger partial charge in [0, 0.05) is 29.7 Å². The highest BCUT2D eigenvalue weighted by molar-refractivity contribution is 5.93. The van der Waals surface area contributed by atoms with E-state index in [1.54, 1.807) is 6.08 Å². The van der Waals surface area contributed by atoms with E-state index in [1.165, 1.54) is 0 Å². The maximum absolute atomic E-state index is 14.1. The minimum Gasteiger partial charge on any atom is -0.433 e. The lowest BCUT2D eigenvalue weighted by molar-refractivity contribution is -0.198. The Morgan fingerprint density at radius 1 is 1.23 bits per heavy atom. The zero-order valence-electron chi connectivity index (χ0n) is 23.8. The fourth-order valence-electron chi connectivity index (χ4n) is 8.50. The van der Waals surface area contributed by atoms with Gasteiger partial charge in [-0.2, -0.15) is 0 Å². The monoisotopic (exact) mass is 545 g/mol. The Balaban J connectivity index is 1.42. The summed E-state index contributed by atoms with van der Waals surface area (Å²) in [5.74, 6) is -0.172. The van der Waals surface area contributed by atoms with Gasteiger partial charge in [0.15, 0.2) is 24.3 Å². The van der Waals surface area contributed by atoms with Gasteiger partial charge in [-0.3, -0.25) is 9.59 Å². The van der Waals surface area contributed by atoms with E-state index in [2.05, 4.69) is 13.0 Å². The van der Waals surface area contributed by atoms with E-state index in [0.717, 1.165) is 18.4 Å². The SMILES string of the molecule is CCCC1OC2CC3C4CC=C5CC(=O)C=C[C@]5(C)C4[C@@H](O)C[C@]3(C)[C@]2(C(=O)COC(=O)OCCN(C)C)O1. The van der Waals surface area contributed by atoms with Crippen LogP contribution in [0.4, 0.5) is 4.79 Å². The fraction of sp³-hybridized carbons (Fsp3) is 0.767. The van der Waals surface area contributed by atoms with Crippen LogP contribution in [0.15, 0.2) is 23.8 Å². The number of Topliss-reactive ketones (excluding diaryl/α,β-unsaturated/α-hetero) is 1. The molecule has 1 heterocycles. The molecule has 9 atom stereocenters. The van der Waals surface area contributed by atoms with Gasteiger partial charge < -0.3 is 29.0 Å². The first kappa shape index (κ1) is 28.5. The lowest BCUT2D eigenvalue weighted by Crippen LogP contribution is -2.63. The van der Waals surface area contributed by atoms with Crippen molar-refractivity contribution in [3.63, 3.8) is 0 Å². The largest absolute Gasteiger partial charge is 0.508 e. The van der Waals surface area contributed by atoms with Crippen molar-refractivity contribution in [3.8, 4) is 0 Å². The Morgan fingerprint density at radius 2 is 2.00 bits per heavy atom. The average molecular weight is 546 g/mol. The third kappa shape index (κ3) is 4.49. The molecule has 0 aromatic carbocycles. The van der Waals surface area contributed by atoms with Crippen molar-refractivity contribution in [2.75, 3.05) is 33.9 Å². The molecule has 0 aromatic rings. The number of carbonyl (C=O) groups excluding carboxylic acids is 3. The van der Waals surface area contributed by atoms with Gasteiger partial charge in [-0.05, 0) is 57.7 Å². The van der Waals surface area contributed by atoms with Gasteiger partial charge in [0.05, 0.1) is 12.2 Å². The lowest BCUT2D eigenvalue weighted by Gasteiger charge is -2.59. The summed E-state index contributed by atoms with van der Waals surface area (Å²) in [6.07, 6.45) is 6.82. The molecule has 9 heteroatoms. The Hall–Kier alpha value is -2.07. The molecule has 216 valence electrons. The van der Waals surface area contributed by atoms with Crippen LogP contribution in [0, 0.1) is 28.6 Å². The standard InChI is InChI=1S/C30H43NO8/c1-6-7-25-38-24-15-21-20-9-8-18-14-19(32)10-11-28(18,2)26(20)22(33)16-29(21,3)30(24,39-25)23(34)17-37-27(35)36-13-12-31(4)5/h8,10-11,20-22,24-26,33H,6-7,9,12-17H2,1-5H3/t20?,21?,22-,24?,25?,26?,28-,29-,30+/m0/s1. The Kier molecular flexibility index (Phi) is 7.59. The summed E-state index contributed by atoms with van der Waals surface area (Å²) in [4.78, 5) is 40.3. The molecule has 0 radical (unpaired) electrons. The molecule has 1 aliphatic heterocycles. The van der Waals surface area contributed by atoms with Crippen LogP contribution in [0.25, 0.3) is 0 Å². The number of hydrogen-bond acceptors (Lipinski definition) is 9. The molecule has 1 saturated heterocycles. The third-order valence-electron chi connectivity index (χ3n) is 10.3. The van der Waals surface area contributed by atoms with Crippen molar-refractivity contribution in [1.82, 2.24) is 4.90 Å². The van der Waals surface area contributed by atoms with Crippen LogP contribution in [0.1, 0.15) is 59.3 Å². The quantitative estimate of drug-likeness (QED) is 0.362. The van der Waals surface area contributed by atoms with E-state index >= 15 is 0 Å². The zero-order chi connectivity index (χ0) is 28.2. The molecule has 5 aliphatic rings. The Labute approximate surface area is 230 Å². The summed E-state index contributed by atoms with van der Waals surface area (Å²) in [5.41, 5.74) is -1.36. The number of fused-ring (bicyclic) bond motifs is 7. The van der Waals surface area contributed by atoms with Crippen molar-refractivity contribution < 1.29 is 38.4 Å². The molecule has 0 amide bonds. The zero-order valence-corrected chi connectivity index (χ0v) is 23.8. The van der Waals surface area contributed by atoms with Gasteiger partial charge in [-0.25, -0.2) is 4.79 Å². The summed E-state index contributed by atoms with van der Waals surface area (Å²) < 4.78 is 23.4. The van der Waals surface area contributed by atoms with Gasteiger partial charge in [0.1, 0.15) is 6.61 Å².